The van der Waals surface area contributed by atoms with Crippen LogP contribution in [0.15, 0.2) is 0 Å². The molecule has 0 bridgehead atoms. The number of carbonyl (C=O) groups excluding carboxylic acids is 1. The summed E-state index contributed by atoms with van der Waals surface area (Å²) in [5, 5.41) is 2.84. The summed E-state index contributed by atoms with van der Waals surface area (Å²) in [6.45, 7) is 8.68. The highest BCUT2D eigenvalue weighted by atomic mass is 16.1. The van der Waals surface area contributed by atoms with E-state index in [1.807, 2.05) is 20.8 Å². The fraction of sp³-hybridized carbons (Fsp3) is 0.900. The van der Waals surface area contributed by atoms with Crippen LogP contribution in [0.3, 0.4) is 0 Å². The Hall–Kier alpha value is -0.570. The average Bonchev–Trinajstić information content (AvgIpc) is 2.56. The van der Waals surface area contributed by atoms with Gasteiger partial charge in [0, 0.05) is 13.1 Å². The Labute approximate surface area is 81.5 Å². The van der Waals surface area contributed by atoms with Gasteiger partial charge in [0.1, 0.15) is 0 Å². The molecule has 0 aromatic carbocycles. The molecule has 0 aromatic heterocycles. The van der Waals surface area contributed by atoms with Crippen LogP contribution in [0.5, 0.6) is 0 Å². The van der Waals surface area contributed by atoms with Gasteiger partial charge in [0.15, 0.2) is 0 Å². The Bertz CT molecular complexity index is 148. The van der Waals surface area contributed by atoms with E-state index in [0.29, 0.717) is 0 Å². The zero-order valence-corrected chi connectivity index (χ0v) is 9.26. The summed E-state index contributed by atoms with van der Waals surface area (Å²) in [4.78, 5) is 13.4. The average molecular weight is 186 g/mol. The van der Waals surface area contributed by atoms with E-state index in [1.165, 1.54) is 0 Å². The number of likely N-dealkylation sites (tertiary alicyclic amines) is 1. The Morgan fingerprint density at radius 3 is 2.54 bits per heavy atom. The third-order valence-corrected chi connectivity index (χ3v) is 2.11. The number of carbonyl (C=O) groups is 1. The molecular formula is C10H22N2O. The summed E-state index contributed by atoms with van der Waals surface area (Å²) in [5.74, 6) is 0.455. The fourth-order valence-corrected chi connectivity index (χ4v) is 1.47. The van der Waals surface area contributed by atoms with Gasteiger partial charge in [-0.15, -0.1) is 0 Å². The molecule has 1 aliphatic heterocycles. The van der Waals surface area contributed by atoms with E-state index in [0.717, 1.165) is 26.1 Å². The lowest BCUT2D eigenvalue weighted by atomic mass is 10.1. The molecule has 3 heteroatoms. The van der Waals surface area contributed by atoms with Crippen LogP contribution in [-0.4, -0.2) is 37.5 Å². The molecule has 0 spiro atoms. The van der Waals surface area contributed by atoms with E-state index in [4.69, 9.17) is 0 Å². The van der Waals surface area contributed by atoms with Crippen LogP contribution in [-0.2, 0) is 4.79 Å². The Morgan fingerprint density at radius 1 is 1.54 bits per heavy atom. The molecule has 0 saturated carbocycles. The molecule has 3 nitrogen and oxygen atoms in total. The van der Waals surface area contributed by atoms with Gasteiger partial charge < -0.3 is 10.2 Å². The third kappa shape index (κ3) is 4.27. The van der Waals surface area contributed by atoms with E-state index >= 15 is 0 Å². The molecule has 1 fully saturated rings. The summed E-state index contributed by atoms with van der Waals surface area (Å²) in [6.07, 6.45) is 1.02. The van der Waals surface area contributed by atoms with Gasteiger partial charge in [-0.25, -0.2) is 0 Å². The van der Waals surface area contributed by atoms with Crippen LogP contribution >= 0.6 is 0 Å². The van der Waals surface area contributed by atoms with E-state index in [1.54, 1.807) is 0 Å². The molecule has 0 radical (unpaired) electrons. The summed E-state index contributed by atoms with van der Waals surface area (Å²) >= 11 is 0. The molecular weight excluding hydrogens is 164 g/mol. The van der Waals surface area contributed by atoms with Crippen molar-refractivity contribution in [2.45, 2.75) is 27.2 Å². The van der Waals surface area contributed by atoms with Gasteiger partial charge in [-0.05, 0) is 26.9 Å². The topological polar surface area (TPSA) is 32.3 Å². The first kappa shape index (κ1) is 12.4. The molecule has 13 heavy (non-hydrogen) atoms. The van der Waals surface area contributed by atoms with Crippen molar-refractivity contribution in [1.82, 2.24) is 10.2 Å². The van der Waals surface area contributed by atoms with Crippen LogP contribution in [0.2, 0.25) is 0 Å². The molecule has 1 rings (SSSR count). The first-order valence-corrected chi connectivity index (χ1v) is 5.20. The number of hydrogen-bond acceptors (Lipinski definition) is 2. The molecule has 1 N–H and O–H groups in total. The predicted octanol–water partition coefficient (Wildman–Crippen LogP) is 1.10. The normalized spacial score (nSPS) is 22.0. The highest BCUT2D eigenvalue weighted by molar-refractivity contribution is 5.79. The molecule has 0 aliphatic carbocycles. The minimum atomic E-state index is 0.219. The minimum absolute atomic E-state index is 0.219. The van der Waals surface area contributed by atoms with Crippen molar-refractivity contribution in [3.63, 3.8) is 0 Å². The Balaban J connectivity index is 0.000000671. The van der Waals surface area contributed by atoms with Crippen molar-refractivity contribution < 1.29 is 4.79 Å². The molecule has 1 unspecified atom stereocenters. The first-order valence-electron chi connectivity index (χ1n) is 5.20. The fourth-order valence-electron chi connectivity index (χ4n) is 1.47. The molecule has 0 aromatic rings. The maximum Gasteiger partial charge on any atom is 0.224 e. The lowest BCUT2D eigenvalue weighted by Gasteiger charge is -2.09. The van der Waals surface area contributed by atoms with Crippen molar-refractivity contribution in [1.29, 1.82) is 0 Å². The van der Waals surface area contributed by atoms with E-state index in [9.17, 15) is 4.79 Å². The number of nitrogens with one attached hydrogen (secondary N) is 1. The van der Waals surface area contributed by atoms with Gasteiger partial charge in [0.2, 0.25) is 5.91 Å². The number of hydrogen-bond donors (Lipinski definition) is 1. The standard InChI is InChI=1S/C8H16N2O.C2H6/c1-3-9-8(11)7-4-5-10(2)6-7;1-2/h7H,3-6H2,1-2H3,(H,9,11);1-2H3. The van der Waals surface area contributed by atoms with Crippen molar-refractivity contribution in [3.05, 3.63) is 0 Å². The van der Waals surface area contributed by atoms with Crippen LogP contribution in [0.25, 0.3) is 0 Å². The van der Waals surface area contributed by atoms with E-state index in [-0.39, 0.29) is 11.8 Å². The largest absolute Gasteiger partial charge is 0.356 e. The zero-order chi connectivity index (χ0) is 10.3. The quantitative estimate of drug-likeness (QED) is 0.700. The van der Waals surface area contributed by atoms with E-state index in [2.05, 4.69) is 17.3 Å². The third-order valence-electron chi connectivity index (χ3n) is 2.11. The monoisotopic (exact) mass is 186 g/mol. The molecule has 78 valence electrons. The molecule has 1 amide bonds. The van der Waals surface area contributed by atoms with Gasteiger partial charge in [0.05, 0.1) is 5.92 Å². The van der Waals surface area contributed by atoms with E-state index < -0.39 is 0 Å². The smallest absolute Gasteiger partial charge is 0.224 e. The van der Waals surface area contributed by atoms with Gasteiger partial charge in [-0.3, -0.25) is 4.79 Å². The van der Waals surface area contributed by atoms with Gasteiger partial charge in [0.25, 0.3) is 0 Å². The number of amides is 1. The van der Waals surface area contributed by atoms with Gasteiger partial charge >= 0.3 is 0 Å². The summed E-state index contributed by atoms with van der Waals surface area (Å²) < 4.78 is 0. The second-order valence-electron chi connectivity index (χ2n) is 3.14. The van der Waals surface area contributed by atoms with Crippen LogP contribution in [0.1, 0.15) is 27.2 Å². The second-order valence-corrected chi connectivity index (χ2v) is 3.14. The molecule has 1 atom stereocenters. The lowest BCUT2D eigenvalue weighted by molar-refractivity contribution is -0.124. The van der Waals surface area contributed by atoms with Crippen LogP contribution < -0.4 is 5.32 Å². The highest BCUT2D eigenvalue weighted by Crippen LogP contribution is 2.13. The summed E-state index contributed by atoms with van der Waals surface area (Å²) in [6, 6.07) is 0. The predicted molar refractivity (Wildman–Crippen MR) is 55.6 cm³/mol. The lowest BCUT2D eigenvalue weighted by Crippen LogP contribution is -2.31. The van der Waals surface area contributed by atoms with Crippen molar-refractivity contribution in [3.8, 4) is 0 Å². The van der Waals surface area contributed by atoms with Crippen molar-refractivity contribution >= 4 is 5.91 Å². The zero-order valence-electron chi connectivity index (χ0n) is 9.26. The Morgan fingerprint density at radius 2 is 2.15 bits per heavy atom. The molecule has 1 heterocycles. The first-order chi connectivity index (χ1) is 6.24. The Kier molecular flexibility index (Phi) is 6.59. The van der Waals surface area contributed by atoms with Crippen molar-refractivity contribution in [2.75, 3.05) is 26.7 Å². The van der Waals surface area contributed by atoms with Gasteiger partial charge in [-0.1, -0.05) is 13.8 Å². The van der Waals surface area contributed by atoms with Crippen LogP contribution in [0.4, 0.5) is 0 Å². The highest BCUT2D eigenvalue weighted by Gasteiger charge is 2.25. The number of nitrogens with zero attached hydrogens (tertiary/aromatic N) is 1. The second kappa shape index (κ2) is 6.89. The summed E-state index contributed by atoms with van der Waals surface area (Å²) in [5.41, 5.74) is 0. The maximum atomic E-state index is 11.3. The van der Waals surface area contributed by atoms with Gasteiger partial charge in [-0.2, -0.15) is 0 Å². The van der Waals surface area contributed by atoms with Crippen LogP contribution in [0, 0.1) is 5.92 Å². The molecule has 1 aliphatic rings. The minimum Gasteiger partial charge on any atom is -0.356 e. The number of rotatable bonds is 2. The SMILES string of the molecule is CC.CCNC(=O)C1CCN(C)C1. The maximum absolute atomic E-state index is 11.3. The van der Waals surface area contributed by atoms with Crippen molar-refractivity contribution in [2.24, 2.45) is 5.92 Å². The molecule has 1 saturated heterocycles. The summed E-state index contributed by atoms with van der Waals surface area (Å²) in [7, 11) is 2.05.